The summed E-state index contributed by atoms with van der Waals surface area (Å²) in [6.45, 7) is 8.69. The van der Waals surface area contributed by atoms with Crippen LogP contribution in [0.4, 0.5) is 4.39 Å². The van der Waals surface area contributed by atoms with Crippen LogP contribution in [-0.4, -0.2) is 29.6 Å². The highest BCUT2D eigenvalue weighted by Crippen LogP contribution is 2.23. The van der Waals surface area contributed by atoms with Crippen molar-refractivity contribution in [2.75, 3.05) is 13.1 Å². The molecule has 1 fully saturated rings. The van der Waals surface area contributed by atoms with Gasteiger partial charge in [0.1, 0.15) is 17.7 Å². The number of piperidine rings is 1. The maximum absolute atomic E-state index is 13.1. The Labute approximate surface area is 109 Å². The van der Waals surface area contributed by atoms with Gasteiger partial charge in [0, 0.05) is 18.2 Å². The molecule has 18 heavy (non-hydrogen) atoms. The van der Waals surface area contributed by atoms with Gasteiger partial charge in [-0.25, -0.2) is 4.39 Å². The molecule has 1 saturated heterocycles. The van der Waals surface area contributed by atoms with Crippen LogP contribution in [0.25, 0.3) is 0 Å². The zero-order valence-corrected chi connectivity index (χ0v) is 11.4. The summed E-state index contributed by atoms with van der Waals surface area (Å²) in [4.78, 5) is 2.43. The van der Waals surface area contributed by atoms with Crippen molar-refractivity contribution in [3.63, 3.8) is 0 Å². The molecule has 1 heterocycles. The topological polar surface area (TPSA) is 12.5 Å². The highest BCUT2D eigenvalue weighted by molar-refractivity contribution is 5.22. The molecule has 0 bridgehead atoms. The molecular formula is C15H22FNO. The lowest BCUT2D eigenvalue weighted by Gasteiger charge is -2.41. The highest BCUT2D eigenvalue weighted by atomic mass is 19.1. The molecule has 0 aromatic heterocycles. The van der Waals surface area contributed by atoms with E-state index in [1.807, 2.05) is 6.07 Å². The number of likely N-dealkylation sites (tertiary alicyclic amines) is 1. The Morgan fingerprint density at radius 2 is 2.11 bits per heavy atom. The smallest absolute Gasteiger partial charge is 0.126 e. The first-order chi connectivity index (χ1) is 8.45. The third-order valence-electron chi connectivity index (χ3n) is 3.43. The molecule has 1 aliphatic rings. The summed E-state index contributed by atoms with van der Waals surface area (Å²) in [6.07, 6.45) is 2.35. The molecule has 0 spiro atoms. The Hall–Kier alpha value is -1.09. The second kappa shape index (κ2) is 5.27. The van der Waals surface area contributed by atoms with Crippen molar-refractivity contribution >= 4 is 0 Å². The van der Waals surface area contributed by atoms with E-state index in [2.05, 4.69) is 25.7 Å². The SMILES string of the molecule is CC(C)(C)N1CCCC(Oc2cccc(F)c2)C1. The lowest BCUT2D eigenvalue weighted by atomic mass is 9.99. The van der Waals surface area contributed by atoms with E-state index in [1.54, 1.807) is 6.07 Å². The van der Waals surface area contributed by atoms with E-state index in [9.17, 15) is 4.39 Å². The third kappa shape index (κ3) is 3.45. The maximum atomic E-state index is 13.1. The first kappa shape index (κ1) is 13.3. The van der Waals surface area contributed by atoms with Crippen LogP contribution in [0, 0.1) is 5.82 Å². The van der Waals surface area contributed by atoms with Crippen molar-refractivity contribution in [2.24, 2.45) is 0 Å². The average Bonchev–Trinajstić information content (AvgIpc) is 2.28. The Morgan fingerprint density at radius 1 is 1.33 bits per heavy atom. The second-order valence-electron chi connectivity index (χ2n) is 5.96. The molecule has 100 valence electrons. The predicted molar refractivity (Wildman–Crippen MR) is 71.4 cm³/mol. The van der Waals surface area contributed by atoms with Crippen molar-refractivity contribution in [2.45, 2.75) is 45.3 Å². The lowest BCUT2D eigenvalue weighted by Crippen LogP contribution is -2.50. The molecule has 0 aliphatic carbocycles. The highest BCUT2D eigenvalue weighted by Gasteiger charge is 2.28. The lowest BCUT2D eigenvalue weighted by molar-refractivity contribution is 0.0345. The van der Waals surface area contributed by atoms with Crippen LogP contribution in [0.5, 0.6) is 5.75 Å². The van der Waals surface area contributed by atoms with Crippen LogP contribution in [0.15, 0.2) is 24.3 Å². The van der Waals surface area contributed by atoms with Crippen LogP contribution >= 0.6 is 0 Å². The van der Waals surface area contributed by atoms with Gasteiger partial charge in [0.15, 0.2) is 0 Å². The number of hydrogen-bond donors (Lipinski definition) is 0. The minimum Gasteiger partial charge on any atom is -0.489 e. The van der Waals surface area contributed by atoms with E-state index in [-0.39, 0.29) is 17.5 Å². The van der Waals surface area contributed by atoms with Crippen LogP contribution in [0.3, 0.4) is 0 Å². The van der Waals surface area contributed by atoms with Gasteiger partial charge in [-0.05, 0) is 52.3 Å². The molecule has 1 aromatic rings. The van der Waals surface area contributed by atoms with E-state index in [4.69, 9.17) is 4.74 Å². The first-order valence-corrected chi connectivity index (χ1v) is 6.62. The fraction of sp³-hybridized carbons (Fsp3) is 0.600. The van der Waals surface area contributed by atoms with Gasteiger partial charge in [-0.3, -0.25) is 4.90 Å². The molecule has 2 nitrogen and oxygen atoms in total. The normalized spacial score (nSPS) is 21.9. The zero-order valence-electron chi connectivity index (χ0n) is 11.4. The largest absolute Gasteiger partial charge is 0.489 e. The summed E-state index contributed by atoms with van der Waals surface area (Å²) in [5, 5.41) is 0. The van der Waals surface area contributed by atoms with Crippen molar-refractivity contribution in [3.05, 3.63) is 30.1 Å². The Kier molecular flexibility index (Phi) is 3.91. The molecule has 0 radical (unpaired) electrons. The number of halogens is 1. The van der Waals surface area contributed by atoms with Crippen molar-refractivity contribution in [1.29, 1.82) is 0 Å². The van der Waals surface area contributed by atoms with Gasteiger partial charge in [0.25, 0.3) is 0 Å². The monoisotopic (exact) mass is 251 g/mol. The van der Waals surface area contributed by atoms with Crippen LogP contribution < -0.4 is 4.74 Å². The van der Waals surface area contributed by atoms with Gasteiger partial charge in [-0.2, -0.15) is 0 Å². The van der Waals surface area contributed by atoms with E-state index in [0.717, 1.165) is 25.9 Å². The summed E-state index contributed by atoms with van der Waals surface area (Å²) in [5.41, 5.74) is 0.171. The average molecular weight is 251 g/mol. The minimum absolute atomic E-state index is 0.166. The van der Waals surface area contributed by atoms with Gasteiger partial charge >= 0.3 is 0 Å². The van der Waals surface area contributed by atoms with Crippen molar-refractivity contribution in [1.82, 2.24) is 4.90 Å². The molecule has 2 rings (SSSR count). The fourth-order valence-electron chi connectivity index (χ4n) is 2.38. The molecule has 0 amide bonds. The molecule has 1 aliphatic heterocycles. The summed E-state index contributed by atoms with van der Waals surface area (Å²) < 4.78 is 19.0. The third-order valence-corrected chi connectivity index (χ3v) is 3.43. The standard InChI is InChI=1S/C15H22FNO/c1-15(2,3)17-9-5-8-14(11-17)18-13-7-4-6-12(16)10-13/h4,6-7,10,14H,5,8-9,11H2,1-3H3. The summed E-state index contributed by atoms with van der Waals surface area (Å²) in [6, 6.07) is 6.40. The van der Waals surface area contributed by atoms with E-state index < -0.39 is 0 Å². The molecule has 1 aromatic carbocycles. The Morgan fingerprint density at radius 3 is 2.78 bits per heavy atom. The van der Waals surface area contributed by atoms with Crippen molar-refractivity contribution < 1.29 is 9.13 Å². The van der Waals surface area contributed by atoms with Crippen molar-refractivity contribution in [3.8, 4) is 5.75 Å². The zero-order chi connectivity index (χ0) is 13.2. The Balaban J connectivity index is 1.98. The van der Waals surface area contributed by atoms with E-state index in [0.29, 0.717) is 5.75 Å². The van der Waals surface area contributed by atoms with Gasteiger partial charge in [0.05, 0.1) is 0 Å². The van der Waals surface area contributed by atoms with Gasteiger partial charge in [0.2, 0.25) is 0 Å². The number of nitrogens with zero attached hydrogens (tertiary/aromatic N) is 1. The number of benzene rings is 1. The summed E-state index contributed by atoms with van der Waals surface area (Å²) >= 11 is 0. The number of rotatable bonds is 2. The van der Waals surface area contributed by atoms with E-state index >= 15 is 0 Å². The van der Waals surface area contributed by atoms with Gasteiger partial charge in [-0.15, -0.1) is 0 Å². The minimum atomic E-state index is -0.240. The number of ether oxygens (including phenoxy) is 1. The summed E-state index contributed by atoms with van der Waals surface area (Å²) in [7, 11) is 0. The number of hydrogen-bond acceptors (Lipinski definition) is 2. The molecule has 1 unspecified atom stereocenters. The molecule has 0 saturated carbocycles. The van der Waals surface area contributed by atoms with Crippen LogP contribution in [-0.2, 0) is 0 Å². The van der Waals surface area contributed by atoms with E-state index in [1.165, 1.54) is 12.1 Å². The maximum Gasteiger partial charge on any atom is 0.126 e. The van der Waals surface area contributed by atoms with Gasteiger partial charge in [-0.1, -0.05) is 6.07 Å². The Bertz CT molecular complexity index is 400. The van der Waals surface area contributed by atoms with Crippen LogP contribution in [0.2, 0.25) is 0 Å². The molecular weight excluding hydrogens is 229 g/mol. The summed E-state index contributed by atoms with van der Waals surface area (Å²) in [5.74, 6) is 0.395. The first-order valence-electron chi connectivity index (χ1n) is 6.62. The molecule has 3 heteroatoms. The van der Waals surface area contributed by atoms with Crippen LogP contribution in [0.1, 0.15) is 33.6 Å². The van der Waals surface area contributed by atoms with Gasteiger partial charge < -0.3 is 4.74 Å². The molecule has 0 N–H and O–H groups in total. The quantitative estimate of drug-likeness (QED) is 0.798. The second-order valence-corrected chi connectivity index (χ2v) is 5.96. The molecule has 1 atom stereocenters. The predicted octanol–water partition coefficient (Wildman–Crippen LogP) is 3.47. The fourth-order valence-corrected chi connectivity index (χ4v) is 2.38.